The van der Waals surface area contributed by atoms with Crippen LogP contribution >= 0.6 is 0 Å². The van der Waals surface area contributed by atoms with E-state index in [2.05, 4.69) is 5.32 Å². The van der Waals surface area contributed by atoms with E-state index in [1.807, 2.05) is 4.90 Å². The fourth-order valence-electron chi connectivity index (χ4n) is 3.58. The first-order valence-electron chi connectivity index (χ1n) is 9.04. The number of piperidine rings is 1. The molecule has 0 radical (unpaired) electrons. The molecule has 0 bridgehead atoms. The number of hydrogen-bond donors (Lipinski definition) is 1. The number of likely N-dealkylation sites (tertiary alicyclic amines) is 1. The second-order valence-corrected chi connectivity index (χ2v) is 9.25. The highest BCUT2D eigenvalue weighted by Gasteiger charge is 2.34. The molecular formula is C17H26N4O5S. The largest absolute Gasteiger partial charge is 0.455 e. The lowest BCUT2D eigenvalue weighted by Gasteiger charge is -2.40. The van der Waals surface area contributed by atoms with Gasteiger partial charge in [-0.25, -0.2) is 12.7 Å². The van der Waals surface area contributed by atoms with Crippen molar-refractivity contribution in [3.05, 3.63) is 17.6 Å². The Morgan fingerprint density at radius 3 is 2.74 bits per heavy atom. The molecule has 0 aromatic carbocycles. The van der Waals surface area contributed by atoms with Gasteiger partial charge in [0.2, 0.25) is 15.9 Å². The van der Waals surface area contributed by atoms with Crippen molar-refractivity contribution in [1.82, 2.24) is 19.4 Å². The van der Waals surface area contributed by atoms with Crippen molar-refractivity contribution in [2.45, 2.75) is 30.7 Å². The SMILES string of the molecule is Cc1oc(C(=O)N2CCCC(N3CCNCC3=O)C2)cc1S(=O)(=O)N(C)C. The Kier molecular flexibility index (Phi) is 5.59. The van der Waals surface area contributed by atoms with Crippen LogP contribution in [0.5, 0.6) is 0 Å². The molecule has 3 rings (SSSR count). The lowest BCUT2D eigenvalue weighted by molar-refractivity contribution is -0.135. The van der Waals surface area contributed by atoms with Gasteiger partial charge in [-0.1, -0.05) is 0 Å². The molecule has 150 valence electrons. The van der Waals surface area contributed by atoms with Crippen LogP contribution in [0, 0.1) is 6.92 Å². The number of hydrogen-bond acceptors (Lipinski definition) is 6. The molecule has 2 aliphatic heterocycles. The number of piperazine rings is 1. The van der Waals surface area contributed by atoms with E-state index < -0.39 is 10.0 Å². The Morgan fingerprint density at radius 2 is 2.07 bits per heavy atom. The zero-order valence-corrected chi connectivity index (χ0v) is 16.7. The van der Waals surface area contributed by atoms with Gasteiger partial charge in [0.1, 0.15) is 10.7 Å². The van der Waals surface area contributed by atoms with E-state index in [0.29, 0.717) is 26.2 Å². The van der Waals surface area contributed by atoms with Gasteiger partial charge in [-0.3, -0.25) is 9.59 Å². The van der Waals surface area contributed by atoms with Crippen molar-refractivity contribution < 1.29 is 22.4 Å². The second-order valence-electron chi connectivity index (χ2n) is 7.13. The highest BCUT2D eigenvalue weighted by atomic mass is 32.2. The Labute approximate surface area is 159 Å². The molecule has 2 fully saturated rings. The minimum Gasteiger partial charge on any atom is -0.455 e. The average Bonchev–Trinajstić information content (AvgIpc) is 3.04. The van der Waals surface area contributed by atoms with Gasteiger partial charge >= 0.3 is 0 Å². The topological polar surface area (TPSA) is 103 Å². The number of carbonyl (C=O) groups excluding carboxylic acids is 2. The van der Waals surface area contributed by atoms with Gasteiger partial charge < -0.3 is 19.5 Å². The van der Waals surface area contributed by atoms with Gasteiger partial charge in [-0.15, -0.1) is 0 Å². The monoisotopic (exact) mass is 398 g/mol. The summed E-state index contributed by atoms with van der Waals surface area (Å²) >= 11 is 0. The molecule has 1 N–H and O–H groups in total. The van der Waals surface area contributed by atoms with Crippen LogP contribution in [-0.4, -0.2) is 87.2 Å². The summed E-state index contributed by atoms with van der Waals surface area (Å²) in [5, 5.41) is 3.05. The zero-order chi connectivity index (χ0) is 19.8. The molecule has 2 amide bonds. The van der Waals surface area contributed by atoms with E-state index in [1.165, 1.54) is 27.1 Å². The van der Waals surface area contributed by atoms with Crippen molar-refractivity contribution in [3.63, 3.8) is 0 Å². The predicted octanol–water partition coefficient (Wildman–Crippen LogP) is -0.125. The number of nitrogens with zero attached hydrogens (tertiary/aromatic N) is 3. The van der Waals surface area contributed by atoms with E-state index >= 15 is 0 Å². The predicted molar refractivity (Wildman–Crippen MR) is 97.8 cm³/mol. The van der Waals surface area contributed by atoms with Crippen LogP contribution in [0.15, 0.2) is 15.4 Å². The lowest BCUT2D eigenvalue weighted by atomic mass is 10.0. The van der Waals surface area contributed by atoms with E-state index in [9.17, 15) is 18.0 Å². The van der Waals surface area contributed by atoms with Crippen molar-refractivity contribution in [1.29, 1.82) is 0 Å². The molecule has 1 atom stereocenters. The molecule has 1 unspecified atom stereocenters. The smallest absolute Gasteiger partial charge is 0.289 e. The zero-order valence-electron chi connectivity index (χ0n) is 15.9. The maximum absolute atomic E-state index is 12.9. The molecular weight excluding hydrogens is 372 g/mol. The van der Waals surface area contributed by atoms with Gasteiger partial charge in [0.05, 0.1) is 6.54 Å². The normalized spacial score (nSPS) is 21.8. The summed E-state index contributed by atoms with van der Waals surface area (Å²) < 4.78 is 31.3. The fraction of sp³-hybridized carbons (Fsp3) is 0.647. The highest BCUT2D eigenvalue weighted by Crippen LogP contribution is 2.25. The van der Waals surface area contributed by atoms with Crippen molar-refractivity contribution in [2.75, 3.05) is 46.8 Å². The van der Waals surface area contributed by atoms with Gasteiger partial charge in [-0.05, 0) is 19.8 Å². The van der Waals surface area contributed by atoms with Gasteiger partial charge in [-0.2, -0.15) is 0 Å². The first-order chi connectivity index (χ1) is 12.7. The maximum atomic E-state index is 12.9. The van der Waals surface area contributed by atoms with Crippen LogP contribution in [0.3, 0.4) is 0 Å². The molecule has 0 aliphatic carbocycles. The van der Waals surface area contributed by atoms with E-state index in [1.54, 1.807) is 4.90 Å². The summed E-state index contributed by atoms with van der Waals surface area (Å²) in [4.78, 5) is 28.5. The average molecular weight is 398 g/mol. The maximum Gasteiger partial charge on any atom is 0.289 e. The molecule has 0 saturated carbocycles. The molecule has 27 heavy (non-hydrogen) atoms. The number of aryl methyl sites for hydroxylation is 1. The molecule has 1 aromatic rings. The Balaban J connectivity index is 1.77. The first kappa shape index (κ1) is 19.8. The number of sulfonamides is 1. The third kappa shape index (κ3) is 3.87. The number of amides is 2. The highest BCUT2D eigenvalue weighted by molar-refractivity contribution is 7.89. The Hall–Kier alpha value is -1.91. The van der Waals surface area contributed by atoms with Crippen LogP contribution in [-0.2, 0) is 14.8 Å². The molecule has 2 aliphatic rings. The third-order valence-electron chi connectivity index (χ3n) is 5.09. The third-order valence-corrected chi connectivity index (χ3v) is 7.01. The molecule has 3 heterocycles. The van der Waals surface area contributed by atoms with Crippen LogP contribution in [0.2, 0.25) is 0 Å². The van der Waals surface area contributed by atoms with Crippen LogP contribution in [0.1, 0.15) is 29.2 Å². The fourth-order valence-corrected chi connectivity index (χ4v) is 4.63. The Bertz CT molecular complexity index is 832. The van der Waals surface area contributed by atoms with Crippen LogP contribution < -0.4 is 5.32 Å². The summed E-state index contributed by atoms with van der Waals surface area (Å²) in [6, 6.07) is 1.28. The number of nitrogens with one attached hydrogen (secondary N) is 1. The summed E-state index contributed by atoms with van der Waals surface area (Å²) in [6.07, 6.45) is 1.64. The van der Waals surface area contributed by atoms with Gasteiger partial charge in [0.25, 0.3) is 5.91 Å². The second kappa shape index (κ2) is 7.61. The number of carbonyl (C=O) groups is 2. The summed E-state index contributed by atoms with van der Waals surface area (Å²) in [5.74, 6) is -0.0857. The van der Waals surface area contributed by atoms with E-state index in [0.717, 1.165) is 23.7 Å². The van der Waals surface area contributed by atoms with Crippen molar-refractivity contribution in [3.8, 4) is 0 Å². The number of rotatable bonds is 4. The molecule has 1 aromatic heterocycles. The minimum atomic E-state index is -3.68. The first-order valence-corrected chi connectivity index (χ1v) is 10.5. The van der Waals surface area contributed by atoms with Gasteiger partial charge in [0, 0.05) is 52.4 Å². The summed E-state index contributed by atoms with van der Waals surface area (Å²) in [5.41, 5.74) is 0. The molecule has 2 saturated heterocycles. The lowest BCUT2D eigenvalue weighted by Crippen LogP contribution is -2.57. The van der Waals surface area contributed by atoms with Gasteiger partial charge in [0.15, 0.2) is 5.76 Å². The van der Waals surface area contributed by atoms with E-state index in [-0.39, 0.29) is 34.3 Å². The standard InChI is InChI=1S/C17H26N4O5S/c1-12-15(27(24,25)19(2)3)9-14(26-12)17(23)20-7-4-5-13(11-20)21-8-6-18-10-16(21)22/h9,13,18H,4-8,10-11H2,1-3H3. The number of furan rings is 1. The van der Waals surface area contributed by atoms with E-state index in [4.69, 9.17) is 4.42 Å². The minimum absolute atomic E-state index is 0.00157. The summed E-state index contributed by atoms with van der Waals surface area (Å²) in [6.45, 7) is 4.24. The van der Waals surface area contributed by atoms with Crippen molar-refractivity contribution in [2.24, 2.45) is 0 Å². The Morgan fingerprint density at radius 1 is 1.33 bits per heavy atom. The molecule has 0 spiro atoms. The van der Waals surface area contributed by atoms with Crippen LogP contribution in [0.4, 0.5) is 0 Å². The van der Waals surface area contributed by atoms with Crippen LogP contribution in [0.25, 0.3) is 0 Å². The van der Waals surface area contributed by atoms with Crippen molar-refractivity contribution >= 4 is 21.8 Å². The summed E-state index contributed by atoms with van der Waals surface area (Å²) in [7, 11) is -0.810. The quantitative estimate of drug-likeness (QED) is 0.758. The molecule has 10 heteroatoms. The molecule has 9 nitrogen and oxygen atoms in total.